The fraction of sp³-hybridized carbons (Fsp3) is 0.429. The van der Waals surface area contributed by atoms with Gasteiger partial charge < -0.3 is 16.2 Å². The predicted molar refractivity (Wildman–Crippen MR) is 72.0 cm³/mol. The van der Waals surface area contributed by atoms with Crippen LogP contribution in [0.5, 0.6) is 0 Å². The van der Waals surface area contributed by atoms with E-state index in [1.54, 1.807) is 0 Å². The molecule has 108 valence electrons. The second kappa shape index (κ2) is 5.58. The van der Waals surface area contributed by atoms with Gasteiger partial charge in [0.2, 0.25) is 5.91 Å². The Hall–Kier alpha value is -1.95. The van der Waals surface area contributed by atoms with E-state index in [1.165, 1.54) is 12.1 Å². The van der Waals surface area contributed by atoms with Crippen LogP contribution in [0, 0.1) is 5.82 Å². The monoisotopic (exact) mass is 280 g/mol. The maximum atomic E-state index is 13.7. The summed E-state index contributed by atoms with van der Waals surface area (Å²) in [7, 11) is 0. The van der Waals surface area contributed by atoms with Gasteiger partial charge in [0, 0.05) is 12.0 Å². The van der Waals surface area contributed by atoms with E-state index in [9.17, 15) is 14.0 Å². The summed E-state index contributed by atoms with van der Waals surface area (Å²) in [5.74, 6) is -2.33. The number of halogens is 1. The Morgan fingerprint density at radius 2 is 2.00 bits per heavy atom. The van der Waals surface area contributed by atoms with Crippen LogP contribution in [0.1, 0.15) is 42.5 Å². The van der Waals surface area contributed by atoms with Crippen LogP contribution in [-0.4, -0.2) is 22.5 Å². The molecule has 1 aromatic rings. The molecule has 0 aromatic heterocycles. The average molecular weight is 280 g/mol. The van der Waals surface area contributed by atoms with E-state index < -0.39 is 17.3 Å². The zero-order valence-electron chi connectivity index (χ0n) is 11.0. The van der Waals surface area contributed by atoms with Crippen molar-refractivity contribution in [3.05, 3.63) is 29.6 Å². The van der Waals surface area contributed by atoms with Crippen molar-refractivity contribution in [1.29, 1.82) is 0 Å². The number of nitrogens with two attached hydrogens (primary N) is 1. The van der Waals surface area contributed by atoms with Crippen molar-refractivity contribution in [2.24, 2.45) is 5.73 Å². The minimum absolute atomic E-state index is 0.0263. The maximum Gasteiger partial charge on any atom is 0.335 e. The minimum Gasteiger partial charge on any atom is -0.478 e. The Bertz CT molecular complexity index is 539. The molecule has 0 spiro atoms. The molecule has 5 nitrogen and oxygen atoms in total. The molecule has 4 N–H and O–H groups in total. The Balaban J connectivity index is 2.02. The standard InChI is InChI=1S/C14H17FN2O3/c15-10-7-9(13(19)20)3-4-11(10)17-12(18)8-14(16)5-1-2-6-14/h3-4,7H,1-2,5-6,8,16H2,(H,17,18)(H,19,20). The van der Waals surface area contributed by atoms with Gasteiger partial charge in [0.05, 0.1) is 11.3 Å². The number of nitrogens with one attached hydrogen (secondary N) is 1. The quantitative estimate of drug-likeness (QED) is 0.787. The van der Waals surface area contributed by atoms with Crippen LogP contribution in [0.4, 0.5) is 10.1 Å². The number of benzene rings is 1. The number of amides is 1. The molecule has 20 heavy (non-hydrogen) atoms. The summed E-state index contributed by atoms with van der Waals surface area (Å²) in [4.78, 5) is 22.6. The van der Waals surface area contributed by atoms with Crippen molar-refractivity contribution < 1.29 is 19.1 Å². The molecule has 0 saturated heterocycles. The van der Waals surface area contributed by atoms with E-state index in [0.717, 1.165) is 31.7 Å². The van der Waals surface area contributed by atoms with Crippen LogP contribution in [0.15, 0.2) is 18.2 Å². The first-order valence-electron chi connectivity index (χ1n) is 6.51. The van der Waals surface area contributed by atoms with Crippen molar-refractivity contribution in [3.8, 4) is 0 Å². The van der Waals surface area contributed by atoms with E-state index in [0.29, 0.717) is 0 Å². The molecule has 1 aliphatic carbocycles. The van der Waals surface area contributed by atoms with Crippen molar-refractivity contribution in [2.45, 2.75) is 37.6 Å². The Kier molecular flexibility index (Phi) is 4.04. The fourth-order valence-electron chi connectivity index (χ4n) is 2.52. The summed E-state index contributed by atoms with van der Waals surface area (Å²) < 4.78 is 13.7. The van der Waals surface area contributed by atoms with Gasteiger partial charge in [-0.1, -0.05) is 12.8 Å². The van der Waals surface area contributed by atoms with Gasteiger partial charge in [-0.2, -0.15) is 0 Å². The third kappa shape index (κ3) is 3.33. The predicted octanol–water partition coefficient (Wildman–Crippen LogP) is 2.12. The lowest BCUT2D eigenvalue weighted by Crippen LogP contribution is -2.40. The molecular weight excluding hydrogens is 263 g/mol. The van der Waals surface area contributed by atoms with Gasteiger partial charge in [-0.3, -0.25) is 4.79 Å². The number of carbonyl (C=O) groups is 2. The van der Waals surface area contributed by atoms with Crippen LogP contribution in [0.2, 0.25) is 0 Å². The van der Waals surface area contributed by atoms with Gasteiger partial charge in [0.25, 0.3) is 0 Å². The van der Waals surface area contributed by atoms with Gasteiger partial charge in [-0.05, 0) is 31.0 Å². The highest BCUT2D eigenvalue weighted by molar-refractivity contribution is 5.93. The molecule has 2 rings (SSSR count). The van der Waals surface area contributed by atoms with Crippen molar-refractivity contribution in [1.82, 2.24) is 0 Å². The average Bonchev–Trinajstić information content (AvgIpc) is 2.77. The van der Waals surface area contributed by atoms with Crippen molar-refractivity contribution >= 4 is 17.6 Å². The van der Waals surface area contributed by atoms with Crippen molar-refractivity contribution in [2.75, 3.05) is 5.32 Å². The first-order chi connectivity index (χ1) is 9.39. The number of aromatic carboxylic acids is 1. The smallest absolute Gasteiger partial charge is 0.335 e. The maximum absolute atomic E-state index is 13.7. The Morgan fingerprint density at radius 3 is 2.55 bits per heavy atom. The minimum atomic E-state index is -1.21. The van der Waals surface area contributed by atoms with E-state index in [-0.39, 0.29) is 23.6 Å². The molecular formula is C14H17FN2O3. The first-order valence-corrected chi connectivity index (χ1v) is 6.51. The van der Waals surface area contributed by atoms with Gasteiger partial charge in [-0.25, -0.2) is 9.18 Å². The summed E-state index contributed by atoms with van der Waals surface area (Å²) in [6.45, 7) is 0. The molecule has 0 unspecified atom stereocenters. The number of carboxylic acids is 1. The Labute approximate surface area is 116 Å². The fourth-order valence-corrected chi connectivity index (χ4v) is 2.52. The molecule has 1 saturated carbocycles. The zero-order valence-corrected chi connectivity index (χ0v) is 11.0. The highest BCUT2D eigenvalue weighted by atomic mass is 19.1. The van der Waals surface area contributed by atoms with E-state index in [1.807, 2.05) is 0 Å². The normalized spacial score (nSPS) is 16.9. The lowest BCUT2D eigenvalue weighted by atomic mass is 9.94. The molecule has 0 bridgehead atoms. The number of carbonyl (C=O) groups excluding carboxylic acids is 1. The number of hydrogen-bond acceptors (Lipinski definition) is 3. The van der Waals surface area contributed by atoms with Crippen LogP contribution >= 0.6 is 0 Å². The summed E-state index contributed by atoms with van der Waals surface area (Å²) >= 11 is 0. The lowest BCUT2D eigenvalue weighted by molar-refractivity contribution is -0.117. The number of carboxylic acid groups (broad SMARTS) is 1. The molecule has 1 aromatic carbocycles. The van der Waals surface area contributed by atoms with Gasteiger partial charge in [-0.15, -0.1) is 0 Å². The SMILES string of the molecule is NC1(CC(=O)Nc2ccc(C(=O)O)cc2F)CCCC1. The third-order valence-electron chi connectivity index (χ3n) is 3.60. The summed E-state index contributed by atoms with van der Waals surface area (Å²) in [6.07, 6.45) is 3.74. The van der Waals surface area contributed by atoms with Crippen LogP contribution in [-0.2, 0) is 4.79 Å². The molecule has 1 fully saturated rings. The van der Waals surface area contributed by atoms with Gasteiger partial charge >= 0.3 is 5.97 Å². The summed E-state index contributed by atoms with van der Waals surface area (Å²) in [5, 5.41) is 11.2. The van der Waals surface area contributed by atoms with E-state index in [4.69, 9.17) is 10.8 Å². The second-order valence-corrected chi connectivity index (χ2v) is 5.29. The Morgan fingerprint density at radius 1 is 1.35 bits per heavy atom. The van der Waals surface area contributed by atoms with Gasteiger partial charge in [0.15, 0.2) is 0 Å². The molecule has 6 heteroatoms. The topological polar surface area (TPSA) is 92.4 Å². The third-order valence-corrected chi connectivity index (χ3v) is 3.60. The first kappa shape index (κ1) is 14.5. The molecule has 0 heterocycles. The lowest BCUT2D eigenvalue weighted by Gasteiger charge is -2.22. The number of anilines is 1. The highest BCUT2D eigenvalue weighted by Gasteiger charge is 2.31. The van der Waals surface area contributed by atoms with E-state index in [2.05, 4.69) is 5.32 Å². The largest absolute Gasteiger partial charge is 0.478 e. The number of hydrogen-bond donors (Lipinski definition) is 3. The second-order valence-electron chi connectivity index (χ2n) is 5.29. The molecule has 0 aliphatic heterocycles. The van der Waals surface area contributed by atoms with Crippen LogP contribution < -0.4 is 11.1 Å². The number of rotatable bonds is 4. The van der Waals surface area contributed by atoms with Crippen LogP contribution in [0.25, 0.3) is 0 Å². The molecule has 0 radical (unpaired) electrons. The molecule has 1 aliphatic rings. The van der Waals surface area contributed by atoms with E-state index >= 15 is 0 Å². The summed E-state index contributed by atoms with van der Waals surface area (Å²) in [6, 6.07) is 3.37. The van der Waals surface area contributed by atoms with Gasteiger partial charge in [0.1, 0.15) is 5.82 Å². The molecule has 0 atom stereocenters. The summed E-state index contributed by atoms with van der Waals surface area (Å²) in [5.41, 5.74) is 5.40. The molecule has 1 amide bonds. The van der Waals surface area contributed by atoms with Crippen molar-refractivity contribution in [3.63, 3.8) is 0 Å². The zero-order chi connectivity index (χ0) is 14.8. The van der Waals surface area contributed by atoms with Crippen LogP contribution in [0.3, 0.4) is 0 Å². The highest BCUT2D eigenvalue weighted by Crippen LogP contribution is 2.30.